The fourth-order valence-electron chi connectivity index (χ4n) is 1.99. The molecule has 0 saturated carbocycles. The molecule has 1 aliphatic rings. The number of carbonyl (C=O) groups is 1. The summed E-state index contributed by atoms with van der Waals surface area (Å²) in [6, 6.07) is 7.48. The van der Waals surface area contributed by atoms with Gasteiger partial charge in [0.15, 0.2) is 0 Å². The maximum atomic E-state index is 12.1. The van der Waals surface area contributed by atoms with Crippen LogP contribution in [0.25, 0.3) is 0 Å². The number of ether oxygens (including phenoxy) is 1. The molecule has 0 N–H and O–H groups in total. The lowest BCUT2D eigenvalue weighted by Gasteiger charge is -2.23. The molecular formula is C15H18N2O4S. The summed E-state index contributed by atoms with van der Waals surface area (Å²) in [5.74, 6) is -0.576. The van der Waals surface area contributed by atoms with E-state index in [1.165, 1.54) is 13.1 Å². The second kappa shape index (κ2) is 6.31. The molecule has 0 fully saturated rings. The van der Waals surface area contributed by atoms with Crippen LogP contribution in [-0.4, -0.2) is 31.0 Å². The fourth-order valence-corrected chi connectivity index (χ4v) is 3.09. The van der Waals surface area contributed by atoms with Gasteiger partial charge in [0.05, 0.1) is 24.4 Å². The SMILES string of the molecule is CCOC(=O)C1=CN(Cc2ccc(C)cc2)S(=O)(=O)N=C1C. The lowest BCUT2D eigenvalue weighted by molar-refractivity contribution is -0.137. The van der Waals surface area contributed by atoms with Crippen LogP contribution in [0.4, 0.5) is 0 Å². The molecule has 1 heterocycles. The molecule has 0 unspecified atom stereocenters. The number of nitrogens with zero attached hydrogens (tertiary/aromatic N) is 2. The second-order valence-electron chi connectivity index (χ2n) is 4.95. The normalized spacial score (nSPS) is 16.8. The molecule has 0 aromatic heterocycles. The first-order chi connectivity index (χ1) is 10.3. The minimum atomic E-state index is -3.83. The van der Waals surface area contributed by atoms with E-state index < -0.39 is 16.2 Å². The van der Waals surface area contributed by atoms with E-state index in [1.807, 2.05) is 31.2 Å². The van der Waals surface area contributed by atoms with E-state index >= 15 is 0 Å². The van der Waals surface area contributed by atoms with E-state index in [1.54, 1.807) is 6.92 Å². The molecule has 0 amide bonds. The molecule has 0 saturated heterocycles. The number of rotatable bonds is 4. The standard InChI is InChI=1S/C15H18N2O4S/c1-4-21-15(18)14-10-17(22(19,20)16-12(14)3)9-13-7-5-11(2)6-8-13/h5-8,10H,4,9H2,1-3H3. The summed E-state index contributed by atoms with van der Waals surface area (Å²) in [5.41, 5.74) is 2.19. The third-order valence-corrected chi connectivity index (χ3v) is 4.50. The van der Waals surface area contributed by atoms with Crippen LogP contribution >= 0.6 is 0 Å². The Morgan fingerprint density at radius 1 is 1.23 bits per heavy atom. The number of carbonyl (C=O) groups excluding carboxylic acids is 1. The highest BCUT2D eigenvalue weighted by molar-refractivity contribution is 7.88. The largest absolute Gasteiger partial charge is 0.462 e. The Hall–Kier alpha value is -2.15. The van der Waals surface area contributed by atoms with E-state index in [4.69, 9.17) is 4.74 Å². The summed E-state index contributed by atoms with van der Waals surface area (Å²) in [4.78, 5) is 11.9. The predicted molar refractivity (Wildman–Crippen MR) is 83.5 cm³/mol. The van der Waals surface area contributed by atoms with Gasteiger partial charge in [0.25, 0.3) is 0 Å². The Morgan fingerprint density at radius 3 is 2.45 bits per heavy atom. The zero-order valence-corrected chi connectivity index (χ0v) is 13.6. The Morgan fingerprint density at radius 2 is 1.86 bits per heavy atom. The van der Waals surface area contributed by atoms with Crippen molar-refractivity contribution >= 4 is 21.9 Å². The Labute approximate surface area is 130 Å². The summed E-state index contributed by atoms with van der Waals surface area (Å²) in [5, 5.41) is 0. The molecule has 0 atom stereocenters. The van der Waals surface area contributed by atoms with Crippen LogP contribution in [0.3, 0.4) is 0 Å². The Bertz CT molecular complexity index is 733. The van der Waals surface area contributed by atoms with Crippen LogP contribution < -0.4 is 0 Å². The summed E-state index contributed by atoms with van der Waals surface area (Å²) in [6.45, 7) is 5.45. The van der Waals surface area contributed by atoms with Gasteiger partial charge in [-0.2, -0.15) is 8.42 Å². The molecule has 1 aromatic carbocycles. The molecule has 1 aliphatic heterocycles. The van der Waals surface area contributed by atoms with Crippen LogP contribution in [0.2, 0.25) is 0 Å². The predicted octanol–water partition coefficient (Wildman–Crippen LogP) is 1.96. The lowest BCUT2D eigenvalue weighted by Crippen LogP contribution is -2.31. The van der Waals surface area contributed by atoms with Gasteiger partial charge in [-0.25, -0.2) is 4.79 Å². The zero-order valence-electron chi connectivity index (χ0n) is 12.7. The first-order valence-corrected chi connectivity index (χ1v) is 8.26. The van der Waals surface area contributed by atoms with Crippen molar-refractivity contribution in [3.8, 4) is 0 Å². The highest BCUT2D eigenvalue weighted by atomic mass is 32.2. The van der Waals surface area contributed by atoms with Gasteiger partial charge in [0.1, 0.15) is 0 Å². The minimum Gasteiger partial charge on any atom is -0.462 e. The summed E-state index contributed by atoms with van der Waals surface area (Å²) in [6.07, 6.45) is 1.29. The quantitative estimate of drug-likeness (QED) is 0.794. The van der Waals surface area contributed by atoms with Crippen LogP contribution in [0.5, 0.6) is 0 Å². The van der Waals surface area contributed by atoms with Crippen LogP contribution in [0.1, 0.15) is 25.0 Å². The van der Waals surface area contributed by atoms with Crippen molar-refractivity contribution in [3.05, 3.63) is 47.2 Å². The number of benzene rings is 1. The summed E-state index contributed by atoms with van der Waals surface area (Å²) < 4.78 is 33.9. The molecule has 22 heavy (non-hydrogen) atoms. The topological polar surface area (TPSA) is 76.0 Å². The van der Waals surface area contributed by atoms with Crippen molar-refractivity contribution in [3.63, 3.8) is 0 Å². The van der Waals surface area contributed by atoms with Gasteiger partial charge in [0, 0.05) is 6.20 Å². The van der Waals surface area contributed by atoms with Crippen LogP contribution in [-0.2, 0) is 26.3 Å². The number of hydrogen-bond acceptors (Lipinski definition) is 4. The molecule has 2 rings (SSSR count). The zero-order chi connectivity index (χ0) is 16.3. The first kappa shape index (κ1) is 16.2. The van der Waals surface area contributed by atoms with Crippen molar-refractivity contribution in [2.45, 2.75) is 27.3 Å². The monoisotopic (exact) mass is 322 g/mol. The molecule has 6 nitrogen and oxygen atoms in total. The van der Waals surface area contributed by atoms with E-state index in [0.717, 1.165) is 15.4 Å². The Balaban J connectivity index is 2.31. The van der Waals surface area contributed by atoms with Crippen molar-refractivity contribution in [2.24, 2.45) is 4.40 Å². The molecule has 0 radical (unpaired) electrons. The van der Waals surface area contributed by atoms with Gasteiger partial charge < -0.3 is 4.74 Å². The van der Waals surface area contributed by atoms with Crippen molar-refractivity contribution in [2.75, 3.05) is 6.61 Å². The molecule has 0 bridgehead atoms. The maximum Gasteiger partial charge on any atom is 0.344 e. The molecule has 118 valence electrons. The minimum absolute atomic E-state index is 0.113. The highest BCUT2D eigenvalue weighted by Crippen LogP contribution is 2.20. The Kier molecular flexibility index (Phi) is 4.65. The fraction of sp³-hybridized carbons (Fsp3) is 0.333. The van der Waals surface area contributed by atoms with Gasteiger partial charge in [0.2, 0.25) is 0 Å². The number of esters is 1. The highest BCUT2D eigenvalue weighted by Gasteiger charge is 2.28. The summed E-state index contributed by atoms with van der Waals surface area (Å²) in [7, 11) is -3.83. The van der Waals surface area contributed by atoms with Gasteiger partial charge in [-0.3, -0.25) is 4.31 Å². The van der Waals surface area contributed by atoms with E-state index in [9.17, 15) is 13.2 Å². The van der Waals surface area contributed by atoms with Crippen molar-refractivity contribution < 1.29 is 17.9 Å². The average Bonchev–Trinajstić information content (AvgIpc) is 2.43. The van der Waals surface area contributed by atoms with Gasteiger partial charge >= 0.3 is 16.2 Å². The average molecular weight is 322 g/mol. The molecule has 0 aliphatic carbocycles. The van der Waals surface area contributed by atoms with Crippen molar-refractivity contribution in [1.29, 1.82) is 0 Å². The molecule has 1 aromatic rings. The van der Waals surface area contributed by atoms with E-state index in [0.29, 0.717) is 0 Å². The number of aryl methyl sites for hydroxylation is 1. The van der Waals surface area contributed by atoms with E-state index in [-0.39, 0.29) is 24.4 Å². The third-order valence-electron chi connectivity index (χ3n) is 3.17. The first-order valence-electron chi connectivity index (χ1n) is 6.86. The van der Waals surface area contributed by atoms with E-state index in [2.05, 4.69) is 4.40 Å². The van der Waals surface area contributed by atoms with Crippen LogP contribution in [0.15, 0.2) is 40.4 Å². The lowest BCUT2D eigenvalue weighted by atomic mass is 10.1. The smallest absolute Gasteiger partial charge is 0.344 e. The number of hydrogen-bond donors (Lipinski definition) is 0. The summed E-state index contributed by atoms with van der Waals surface area (Å²) >= 11 is 0. The van der Waals surface area contributed by atoms with Gasteiger partial charge in [-0.05, 0) is 26.3 Å². The maximum absolute atomic E-state index is 12.1. The van der Waals surface area contributed by atoms with Crippen LogP contribution in [0, 0.1) is 6.92 Å². The third kappa shape index (κ3) is 3.54. The molecule has 7 heteroatoms. The van der Waals surface area contributed by atoms with Gasteiger partial charge in [-0.1, -0.05) is 29.8 Å². The van der Waals surface area contributed by atoms with Crippen molar-refractivity contribution in [1.82, 2.24) is 4.31 Å². The molecular weight excluding hydrogens is 304 g/mol. The second-order valence-corrected chi connectivity index (χ2v) is 6.50. The molecule has 0 spiro atoms. The van der Waals surface area contributed by atoms with Gasteiger partial charge in [-0.15, -0.1) is 4.40 Å².